The number of ether oxygens (including phenoxy) is 1. The third-order valence-electron chi connectivity index (χ3n) is 2.00. The summed E-state index contributed by atoms with van der Waals surface area (Å²) in [5, 5.41) is 0. The van der Waals surface area contributed by atoms with Crippen LogP contribution in [0.3, 0.4) is 0 Å². The molecule has 0 aliphatic rings. The van der Waals surface area contributed by atoms with Gasteiger partial charge in [-0.15, -0.1) is 11.6 Å². The van der Waals surface area contributed by atoms with Gasteiger partial charge in [0.15, 0.2) is 5.82 Å². The molecule has 0 saturated carbocycles. The van der Waals surface area contributed by atoms with Gasteiger partial charge in [0.1, 0.15) is 6.10 Å². The number of halogens is 1. The third-order valence-corrected chi connectivity index (χ3v) is 2.31. The van der Waals surface area contributed by atoms with E-state index in [1.807, 2.05) is 0 Å². The van der Waals surface area contributed by atoms with Crippen LogP contribution in [0.4, 0.5) is 0 Å². The quantitative estimate of drug-likeness (QED) is 0.707. The van der Waals surface area contributed by atoms with Crippen LogP contribution >= 0.6 is 11.6 Å². The summed E-state index contributed by atoms with van der Waals surface area (Å²) in [6.45, 7) is 2.11. The van der Waals surface area contributed by atoms with Crippen LogP contribution in [0, 0.1) is 0 Å². The van der Waals surface area contributed by atoms with Gasteiger partial charge in [0, 0.05) is 25.1 Å². The number of nitrogens with zero attached hydrogens (tertiary/aromatic N) is 2. The van der Waals surface area contributed by atoms with E-state index in [-0.39, 0.29) is 6.10 Å². The summed E-state index contributed by atoms with van der Waals surface area (Å²) in [4.78, 5) is 8.44. The molecule has 0 radical (unpaired) electrons. The molecule has 0 saturated heterocycles. The number of hydrogen-bond donors (Lipinski definition) is 0. The first-order valence-electron chi connectivity index (χ1n) is 4.71. The Bertz CT molecular complexity index is 263. The molecule has 1 unspecified atom stereocenters. The fraction of sp³-hybridized carbons (Fsp3) is 0.600. The first-order valence-corrected chi connectivity index (χ1v) is 5.24. The lowest BCUT2D eigenvalue weighted by molar-refractivity contribution is 0.0875. The second-order valence-corrected chi connectivity index (χ2v) is 3.36. The molecule has 0 N–H and O–H groups in total. The van der Waals surface area contributed by atoms with Gasteiger partial charge in [-0.3, -0.25) is 0 Å². The van der Waals surface area contributed by atoms with E-state index in [1.54, 1.807) is 19.5 Å². The van der Waals surface area contributed by atoms with Crippen LogP contribution in [-0.2, 0) is 10.6 Å². The summed E-state index contributed by atoms with van der Waals surface area (Å²) in [6, 6.07) is 0. The number of aromatic nitrogens is 2. The third kappa shape index (κ3) is 2.93. The molecule has 0 fully saturated rings. The van der Waals surface area contributed by atoms with Gasteiger partial charge in [0.25, 0.3) is 0 Å². The second-order valence-electron chi connectivity index (χ2n) is 3.10. The zero-order valence-electron chi connectivity index (χ0n) is 8.53. The Hall–Kier alpha value is -0.670. The average molecular weight is 215 g/mol. The van der Waals surface area contributed by atoms with E-state index in [1.165, 1.54) is 0 Å². The van der Waals surface area contributed by atoms with E-state index >= 15 is 0 Å². The Morgan fingerprint density at radius 2 is 2.07 bits per heavy atom. The molecule has 14 heavy (non-hydrogen) atoms. The van der Waals surface area contributed by atoms with Crippen molar-refractivity contribution in [1.29, 1.82) is 0 Å². The van der Waals surface area contributed by atoms with Crippen molar-refractivity contribution in [2.75, 3.05) is 7.11 Å². The molecule has 4 heteroatoms. The monoisotopic (exact) mass is 214 g/mol. The van der Waals surface area contributed by atoms with Gasteiger partial charge in [-0.05, 0) is 6.42 Å². The van der Waals surface area contributed by atoms with Gasteiger partial charge in [-0.1, -0.05) is 13.3 Å². The van der Waals surface area contributed by atoms with E-state index in [2.05, 4.69) is 16.9 Å². The second kappa shape index (κ2) is 5.94. The highest BCUT2D eigenvalue weighted by atomic mass is 35.5. The Morgan fingerprint density at radius 1 is 1.43 bits per heavy atom. The highest BCUT2D eigenvalue weighted by Crippen LogP contribution is 2.17. The Labute approximate surface area is 89.5 Å². The number of hydrogen-bond acceptors (Lipinski definition) is 3. The SMILES string of the molecule is CCCC(OC)c1ncc(CCl)cn1. The first kappa shape index (κ1) is 11.4. The van der Waals surface area contributed by atoms with Crippen LogP contribution in [0.1, 0.15) is 37.3 Å². The number of alkyl halides is 1. The molecule has 0 spiro atoms. The van der Waals surface area contributed by atoms with Crippen LogP contribution in [-0.4, -0.2) is 17.1 Å². The minimum atomic E-state index is 0.00405. The Morgan fingerprint density at radius 3 is 2.50 bits per heavy atom. The molecule has 1 rings (SSSR count). The van der Waals surface area contributed by atoms with Crippen molar-refractivity contribution in [2.24, 2.45) is 0 Å². The predicted molar refractivity (Wildman–Crippen MR) is 56.2 cm³/mol. The minimum Gasteiger partial charge on any atom is -0.373 e. The van der Waals surface area contributed by atoms with E-state index in [0.29, 0.717) is 5.88 Å². The van der Waals surface area contributed by atoms with Crippen molar-refractivity contribution in [2.45, 2.75) is 31.7 Å². The van der Waals surface area contributed by atoms with Crippen molar-refractivity contribution in [3.8, 4) is 0 Å². The Kier molecular flexibility index (Phi) is 4.84. The van der Waals surface area contributed by atoms with Crippen molar-refractivity contribution in [3.63, 3.8) is 0 Å². The van der Waals surface area contributed by atoms with Crippen LogP contribution in [0.15, 0.2) is 12.4 Å². The maximum absolute atomic E-state index is 5.64. The number of rotatable bonds is 5. The van der Waals surface area contributed by atoms with Gasteiger partial charge >= 0.3 is 0 Å². The fourth-order valence-corrected chi connectivity index (χ4v) is 1.35. The molecule has 0 aliphatic carbocycles. The number of methoxy groups -OCH3 is 1. The lowest BCUT2D eigenvalue weighted by atomic mass is 10.2. The molecule has 3 nitrogen and oxygen atoms in total. The normalized spacial score (nSPS) is 12.8. The van der Waals surface area contributed by atoms with Crippen LogP contribution < -0.4 is 0 Å². The molecular formula is C10H15ClN2O. The molecule has 1 heterocycles. The van der Waals surface area contributed by atoms with E-state index in [4.69, 9.17) is 16.3 Å². The van der Waals surface area contributed by atoms with Crippen molar-refractivity contribution < 1.29 is 4.74 Å². The summed E-state index contributed by atoms with van der Waals surface area (Å²) in [5.41, 5.74) is 0.932. The maximum atomic E-state index is 5.64. The molecule has 1 aromatic heterocycles. The predicted octanol–water partition coefficient (Wildman–Crippen LogP) is 2.70. The summed E-state index contributed by atoms with van der Waals surface area (Å²) in [6.07, 6.45) is 5.49. The molecule has 0 bridgehead atoms. The summed E-state index contributed by atoms with van der Waals surface area (Å²) >= 11 is 5.64. The maximum Gasteiger partial charge on any atom is 0.157 e. The van der Waals surface area contributed by atoms with E-state index in [9.17, 15) is 0 Å². The smallest absolute Gasteiger partial charge is 0.157 e. The van der Waals surface area contributed by atoms with Gasteiger partial charge < -0.3 is 4.74 Å². The van der Waals surface area contributed by atoms with E-state index in [0.717, 1.165) is 24.2 Å². The molecular weight excluding hydrogens is 200 g/mol. The van der Waals surface area contributed by atoms with Crippen molar-refractivity contribution >= 4 is 11.6 Å². The molecule has 78 valence electrons. The van der Waals surface area contributed by atoms with Crippen LogP contribution in [0.25, 0.3) is 0 Å². The summed E-state index contributed by atoms with van der Waals surface area (Å²) in [7, 11) is 1.68. The average Bonchev–Trinajstić information content (AvgIpc) is 2.26. The zero-order chi connectivity index (χ0) is 10.4. The first-order chi connectivity index (χ1) is 6.81. The molecule has 0 amide bonds. The van der Waals surface area contributed by atoms with Gasteiger partial charge in [0.2, 0.25) is 0 Å². The summed E-state index contributed by atoms with van der Waals surface area (Å²) in [5.74, 6) is 1.19. The highest BCUT2D eigenvalue weighted by molar-refractivity contribution is 6.17. The van der Waals surface area contributed by atoms with Crippen LogP contribution in [0.2, 0.25) is 0 Å². The van der Waals surface area contributed by atoms with Gasteiger partial charge in [0.05, 0.1) is 5.88 Å². The topological polar surface area (TPSA) is 35.0 Å². The molecule has 0 aliphatic heterocycles. The molecule has 0 aromatic carbocycles. The van der Waals surface area contributed by atoms with Gasteiger partial charge in [-0.2, -0.15) is 0 Å². The summed E-state index contributed by atoms with van der Waals surface area (Å²) < 4.78 is 5.29. The zero-order valence-corrected chi connectivity index (χ0v) is 9.29. The fourth-order valence-electron chi connectivity index (χ4n) is 1.21. The van der Waals surface area contributed by atoms with E-state index < -0.39 is 0 Å². The van der Waals surface area contributed by atoms with Gasteiger partial charge in [-0.25, -0.2) is 9.97 Å². The Balaban J connectivity index is 2.73. The standard InChI is InChI=1S/C10H15ClN2O/c1-3-4-9(14-2)10-12-6-8(5-11)7-13-10/h6-7,9H,3-5H2,1-2H3. The molecule has 1 aromatic rings. The minimum absolute atomic E-state index is 0.00405. The highest BCUT2D eigenvalue weighted by Gasteiger charge is 2.11. The van der Waals surface area contributed by atoms with Crippen molar-refractivity contribution in [1.82, 2.24) is 9.97 Å². The largest absolute Gasteiger partial charge is 0.373 e. The lowest BCUT2D eigenvalue weighted by Crippen LogP contribution is -2.06. The van der Waals surface area contributed by atoms with Crippen molar-refractivity contribution in [3.05, 3.63) is 23.8 Å². The van der Waals surface area contributed by atoms with Crippen LogP contribution in [0.5, 0.6) is 0 Å². The molecule has 1 atom stereocenters. The lowest BCUT2D eigenvalue weighted by Gasteiger charge is -2.12.